The van der Waals surface area contributed by atoms with E-state index in [1.165, 1.54) is 41.4 Å². The number of alkyl halides is 1. The van der Waals surface area contributed by atoms with Crippen LogP contribution in [0.15, 0.2) is 0 Å². The summed E-state index contributed by atoms with van der Waals surface area (Å²) >= 11 is 7.63. The Bertz CT molecular complexity index is 345. The molecular formula is C13H21ClN2S. The molecule has 1 fully saturated rings. The predicted molar refractivity (Wildman–Crippen MR) is 75.0 cm³/mol. The van der Waals surface area contributed by atoms with Crippen LogP contribution >= 0.6 is 22.9 Å². The molecular weight excluding hydrogens is 252 g/mol. The van der Waals surface area contributed by atoms with E-state index >= 15 is 0 Å². The number of aromatic nitrogens is 1. The summed E-state index contributed by atoms with van der Waals surface area (Å²) in [6.45, 7) is 6.52. The summed E-state index contributed by atoms with van der Waals surface area (Å²) in [6, 6.07) is 0.735. The first-order chi connectivity index (χ1) is 8.20. The van der Waals surface area contributed by atoms with Crippen molar-refractivity contribution in [1.82, 2.24) is 9.88 Å². The van der Waals surface area contributed by atoms with E-state index in [0.717, 1.165) is 24.9 Å². The zero-order valence-corrected chi connectivity index (χ0v) is 12.3. The minimum absolute atomic E-state index is 0.735. The van der Waals surface area contributed by atoms with Gasteiger partial charge in [-0.3, -0.25) is 4.90 Å². The fraction of sp³-hybridized carbons (Fsp3) is 0.769. The molecule has 1 aliphatic heterocycles. The fourth-order valence-electron chi connectivity index (χ4n) is 2.52. The minimum atomic E-state index is 0.735. The zero-order chi connectivity index (χ0) is 12.3. The number of halogens is 1. The van der Waals surface area contributed by atoms with Crippen LogP contribution in [0.5, 0.6) is 0 Å². The highest BCUT2D eigenvalue weighted by Gasteiger charge is 2.24. The van der Waals surface area contributed by atoms with Crippen molar-refractivity contribution in [2.75, 3.05) is 12.4 Å². The van der Waals surface area contributed by atoms with Crippen LogP contribution in [0.1, 0.15) is 41.3 Å². The summed E-state index contributed by atoms with van der Waals surface area (Å²) in [5, 5.41) is 1.28. The van der Waals surface area contributed by atoms with E-state index < -0.39 is 0 Å². The molecule has 2 rings (SSSR count). The molecule has 0 amide bonds. The largest absolute Gasteiger partial charge is 0.294 e. The van der Waals surface area contributed by atoms with Crippen molar-refractivity contribution >= 4 is 22.9 Å². The first-order valence-corrected chi connectivity index (χ1v) is 7.78. The third-order valence-electron chi connectivity index (χ3n) is 3.58. The van der Waals surface area contributed by atoms with Crippen LogP contribution < -0.4 is 0 Å². The Labute approximate surface area is 113 Å². The van der Waals surface area contributed by atoms with Crippen molar-refractivity contribution in [2.45, 2.75) is 52.1 Å². The Morgan fingerprint density at radius 3 is 2.94 bits per heavy atom. The fourth-order valence-corrected chi connectivity index (χ4v) is 3.64. The smallest absolute Gasteiger partial charge is 0.107 e. The molecule has 0 spiro atoms. The molecule has 0 saturated carbocycles. The van der Waals surface area contributed by atoms with Crippen molar-refractivity contribution in [3.05, 3.63) is 15.6 Å². The summed E-state index contributed by atoms with van der Waals surface area (Å²) in [5.74, 6) is 0.791. The lowest BCUT2D eigenvalue weighted by atomic mass is 10.1. The van der Waals surface area contributed by atoms with Crippen LogP contribution in [-0.2, 0) is 6.54 Å². The van der Waals surface area contributed by atoms with Crippen LogP contribution in [0.4, 0.5) is 0 Å². The van der Waals surface area contributed by atoms with E-state index in [1.807, 2.05) is 11.3 Å². The van der Waals surface area contributed by atoms with Gasteiger partial charge in [-0.1, -0.05) is 0 Å². The molecule has 0 radical (unpaired) electrons. The van der Waals surface area contributed by atoms with Crippen LogP contribution in [-0.4, -0.2) is 28.4 Å². The highest BCUT2D eigenvalue weighted by molar-refractivity contribution is 7.11. The molecule has 1 aromatic rings. The van der Waals surface area contributed by atoms with Crippen LogP contribution in [0.25, 0.3) is 0 Å². The summed E-state index contributed by atoms with van der Waals surface area (Å²) < 4.78 is 0. The van der Waals surface area contributed by atoms with Gasteiger partial charge in [0.2, 0.25) is 0 Å². The first-order valence-electron chi connectivity index (χ1n) is 6.43. The summed E-state index contributed by atoms with van der Waals surface area (Å²) in [4.78, 5) is 8.58. The molecule has 17 heavy (non-hydrogen) atoms. The number of hydrogen-bond acceptors (Lipinski definition) is 3. The highest BCUT2D eigenvalue weighted by Crippen LogP contribution is 2.26. The van der Waals surface area contributed by atoms with Gasteiger partial charge in [0.25, 0.3) is 0 Å². The molecule has 1 unspecified atom stereocenters. The zero-order valence-electron chi connectivity index (χ0n) is 10.7. The lowest BCUT2D eigenvalue weighted by Gasteiger charge is -2.23. The molecule has 1 aromatic heterocycles. The summed E-state index contributed by atoms with van der Waals surface area (Å²) in [6.07, 6.45) is 5.04. The maximum absolute atomic E-state index is 5.78. The number of nitrogens with zero attached hydrogens (tertiary/aromatic N) is 2. The maximum Gasteiger partial charge on any atom is 0.107 e. The lowest BCUT2D eigenvalue weighted by molar-refractivity contribution is 0.233. The van der Waals surface area contributed by atoms with E-state index in [9.17, 15) is 0 Å². The van der Waals surface area contributed by atoms with Crippen molar-refractivity contribution in [2.24, 2.45) is 0 Å². The van der Waals surface area contributed by atoms with E-state index in [1.54, 1.807) is 0 Å². The second kappa shape index (κ2) is 6.17. The lowest BCUT2D eigenvalue weighted by Crippen LogP contribution is -2.28. The molecule has 0 bridgehead atoms. The molecule has 1 aliphatic rings. The van der Waals surface area contributed by atoms with Gasteiger partial charge in [-0.2, -0.15) is 0 Å². The Kier molecular flexibility index (Phi) is 4.83. The molecule has 1 atom stereocenters. The standard InChI is InChI=1S/C13H21ClN2S/c1-10-11(2)17-13(15-10)9-16-8-4-6-12(16)5-3-7-14/h12H,3-9H2,1-2H3. The highest BCUT2D eigenvalue weighted by atomic mass is 35.5. The summed E-state index contributed by atoms with van der Waals surface area (Å²) in [7, 11) is 0. The van der Waals surface area contributed by atoms with Gasteiger partial charge in [0, 0.05) is 16.8 Å². The Morgan fingerprint density at radius 1 is 1.47 bits per heavy atom. The third kappa shape index (κ3) is 3.43. The molecule has 1 saturated heterocycles. The molecule has 2 nitrogen and oxygen atoms in total. The van der Waals surface area contributed by atoms with Gasteiger partial charge >= 0.3 is 0 Å². The van der Waals surface area contributed by atoms with Crippen LogP contribution in [0, 0.1) is 13.8 Å². The number of rotatable bonds is 5. The molecule has 2 heterocycles. The molecule has 0 aromatic carbocycles. The van der Waals surface area contributed by atoms with Gasteiger partial charge in [0.05, 0.1) is 12.2 Å². The van der Waals surface area contributed by atoms with Crippen LogP contribution in [0.3, 0.4) is 0 Å². The Morgan fingerprint density at radius 2 is 2.29 bits per heavy atom. The van der Waals surface area contributed by atoms with Crippen molar-refractivity contribution in [3.63, 3.8) is 0 Å². The quantitative estimate of drug-likeness (QED) is 0.759. The second-order valence-electron chi connectivity index (χ2n) is 4.85. The van der Waals surface area contributed by atoms with Crippen molar-refractivity contribution < 1.29 is 0 Å². The predicted octanol–water partition coefficient (Wildman–Crippen LogP) is 3.74. The van der Waals surface area contributed by atoms with Gasteiger partial charge in [-0.15, -0.1) is 22.9 Å². The number of likely N-dealkylation sites (tertiary alicyclic amines) is 1. The third-order valence-corrected chi connectivity index (χ3v) is 4.91. The van der Waals surface area contributed by atoms with Gasteiger partial charge in [-0.25, -0.2) is 4.98 Å². The molecule has 0 aliphatic carbocycles. The van der Waals surface area contributed by atoms with Crippen molar-refractivity contribution in [1.29, 1.82) is 0 Å². The minimum Gasteiger partial charge on any atom is -0.294 e. The van der Waals surface area contributed by atoms with E-state index in [2.05, 4.69) is 23.7 Å². The monoisotopic (exact) mass is 272 g/mol. The average molecular weight is 273 g/mol. The van der Waals surface area contributed by atoms with E-state index in [4.69, 9.17) is 11.6 Å². The second-order valence-corrected chi connectivity index (χ2v) is 6.51. The number of thiazole rings is 1. The van der Waals surface area contributed by atoms with Crippen molar-refractivity contribution in [3.8, 4) is 0 Å². The number of aryl methyl sites for hydroxylation is 2. The van der Waals surface area contributed by atoms with Gasteiger partial charge < -0.3 is 0 Å². The molecule has 0 N–H and O–H groups in total. The normalized spacial score (nSPS) is 21.2. The summed E-state index contributed by atoms with van der Waals surface area (Å²) in [5.41, 5.74) is 1.20. The van der Waals surface area contributed by atoms with E-state index in [-0.39, 0.29) is 0 Å². The van der Waals surface area contributed by atoms with Crippen LogP contribution in [0.2, 0.25) is 0 Å². The molecule has 4 heteroatoms. The van der Waals surface area contributed by atoms with E-state index in [0.29, 0.717) is 0 Å². The average Bonchev–Trinajstić information content (AvgIpc) is 2.85. The Hall–Kier alpha value is -0.120. The first kappa shape index (κ1) is 13.3. The number of hydrogen-bond donors (Lipinski definition) is 0. The van der Waals surface area contributed by atoms with Gasteiger partial charge in [-0.05, 0) is 46.1 Å². The maximum atomic E-state index is 5.78. The van der Waals surface area contributed by atoms with Gasteiger partial charge in [0.15, 0.2) is 0 Å². The SMILES string of the molecule is Cc1nc(CN2CCCC2CCCCl)sc1C. The Balaban J connectivity index is 1.93. The van der Waals surface area contributed by atoms with Gasteiger partial charge in [0.1, 0.15) is 5.01 Å². The topological polar surface area (TPSA) is 16.1 Å². The molecule has 96 valence electrons.